The van der Waals surface area contributed by atoms with Gasteiger partial charge in [0.15, 0.2) is 0 Å². The van der Waals surface area contributed by atoms with E-state index in [2.05, 4.69) is 24.3 Å². The molecule has 1 aromatic rings. The summed E-state index contributed by atoms with van der Waals surface area (Å²) in [5.41, 5.74) is 1.40. The van der Waals surface area contributed by atoms with E-state index in [4.69, 9.17) is 5.11 Å². The van der Waals surface area contributed by atoms with Crippen LogP contribution in [0.15, 0.2) is 30.3 Å². The fourth-order valence-corrected chi connectivity index (χ4v) is 1.70. The quantitative estimate of drug-likeness (QED) is 0.719. The Bertz CT molecular complexity index is 242. The van der Waals surface area contributed by atoms with Crippen LogP contribution in [0.3, 0.4) is 0 Å². The lowest BCUT2D eigenvalue weighted by Gasteiger charge is -1.98. The van der Waals surface area contributed by atoms with Gasteiger partial charge in [0.1, 0.15) is 0 Å². The zero-order valence-corrected chi connectivity index (χ0v) is 7.11. The largest absolute Gasteiger partial charge is 0.396 e. The summed E-state index contributed by atoms with van der Waals surface area (Å²) in [4.78, 5) is 0. The predicted octanol–water partition coefficient (Wildman–Crippen LogP) is 1.86. The van der Waals surface area contributed by atoms with Crippen molar-refractivity contribution in [2.75, 3.05) is 6.61 Å². The molecule has 12 heavy (non-hydrogen) atoms. The second-order valence-corrected chi connectivity index (χ2v) is 3.63. The molecule has 0 saturated heterocycles. The molecule has 0 amide bonds. The Hall–Kier alpha value is -0.820. The SMILES string of the molecule is OC[C@H]1C[C@H]1Cc1ccccc1. The minimum Gasteiger partial charge on any atom is -0.396 e. The van der Waals surface area contributed by atoms with Crippen LogP contribution in [0.25, 0.3) is 0 Å². The first kappa shape index (κ1) is 7.81. The first-order valence-corrected chi connectivity index (χ1v) is 4.55. The van der Waals surface area contributed by atoms with Gasteiger partial charge >= 0.3 is 0 Å². The average Bonchev–Trinajstić information content (AvgIpc) is 2.85. The highest BCUT2D eigenvalue weighted by atomic mass is 16.3. The summed E-state index contributed by atoms with van der Waals surface area (Å²) >= 11 is 0. The molecule has 0 unspecified atom stereocenters. The second-order valence-electron chi connectivity index (χ2n) is 3.63. The van der Waals surface area contributed by atoms with Crippen LogP contribution in [0.2, 0.25) is 0 Å². The Morgan fingerprint density at radius 3 is 2.50 bits per heavy atom. The molecular weight excluding hydrogens is 148 g/mol. The molecule has 1 saturated carbocycles. The van der Waals surface area contributed by atoms with Gasteiger partial charge in [0.25, 0.3) is 0 Å². The molecule has 1 fully saturated rings. The van der Waals surface area contributed by atoms with Crippen molar-refractivity contribution in [3.63, 3.8) is 0 Å². The highest BCUT2D eigenvalue weighted by Crippen LogP contribution is 2.40. The Morgan fingerprint density at radius 1 is 1.17 bits per heavy atom. The van der Waals surface area contributed by atoms with Crippen LogP contribution in [0.5, 0.6) is 0 Å². The Morgan fingerprint density at radius 2 is 1.92 bits per heavy atom. The predicted molar refractivity (Wildman–Crippen MR) is 48.8 cm³/mol. The van der Waals surface area contributed by atoms with Crippen molar-refractivity contribution in [1.82, 2.24) is 0 Å². The van der Waals surface area contributed by atoms with E-state index in [1.807, 2.05) is 6.07 Å². The van der Waals surface area contributed by atoms with Gasteiger partial charge in [0, 0.05) is 6.61 Å². The van der Waals surface area contributed by atoms with E-state index in [-0.39, 0.29) is 0 Å². The second kappa shape index (κ2) is 3.28. The number of rotatable bonds is 3. The van der Waals surface area contributed by atoms with Gasteiger partial charge in [0.2, 0.25) is 0 Å². The molecule has 0 aliphatic heterocycles. The van der Waals surface area contributed by atoms with E-state index in [0.717, 1.165) is 12.3 Å². The third kappa shape index (κ3) is 1.67. The topological polar surface area (TPSA) is 20.2 Å². The zero-order chi connectivity index (χ0) is 8.39. The van der Waals surface area contributed by atoms with E-state index in [0.29, 0.717) is 12.5 Å². The lowest BCUT2D eigenvalue weighted by atomic mass is 10.1. The molecule has 0 aromatic heterocycles. The first-order chi connectivity index (χ1) is 5.90. The molecule has 64 valence electrons. The van der Waals surface area contributed by atoms with Gasteiger partial charge in [-0.15, -0.1) is 0 Å². The van der Waals surface area contributed by atoms with E-state index < -0.39 is 0 Å². The maximum Gasteiger partial charge on any atom is 0.0462 e. The van der Waals surface area contributed by atoms with Crippen LogP contribution in [-0.2, 0) is 6.42 Å². The maximum atomic E-state index is 8.85. The molecule has 1 nitrogen and oxygen atoms in total. The highest BCUT2D eigenvalue weighted by molar-refractivity contribution is 5.16. The Labute approximate surface area is 73.0 Å². The monoisotopic (exact) mass is 162 g/mol. The van der Waals surface area contributed by atoms with Gasteiger partial charge in [-0.3, -0.25) is 0 Å². The molecule has 2 atom stereocenters. The van der Waals surface area contributed by atoms with Crippen LogP contribution in [-0.4, -0.2) is 11.7 Å². The van der Waals surface area contributed by atoms with E-state index in [1.54, 1.807) is 0 Å². The first-order valence-electron chi connectivity index (χ1n) is 4.55. The van der Waals surface area contributed by atoms with Crippen molar-refractivity contribution in [2.24, 2.45) is 11.8 Å². The third-order valence-electron chi connectivity index (χ3n) is 2.64. The summed E-state index contributed by atoms with van der Waals surface area (Å²) in [5.74, 6) is 1.34. The van der Waals surface area contributed by atoms with Gasteiger partial charge < -0.3 is 5.11 Å². The highest BCUT2D eigenvalue weighted by Gasteiger charge is 2.35. The van der Waals surface area contributed by atoms with Crippen molar-refractivity contribution in [2.45, 2.75) is 12.8 Å². The number of hydrogen-bond acceptors (Lipinski definition) is 1. The van der Waals surface area contributed by atoms with E-state index in [1.165, 1.54) is 12.0 Å². The smallest absolute Gasteiger partial charge is 0.0462 e. The van der Waals surface area contributed by atoms with E-state index >= 15 is 0 Å². The number of benzene rings is 1. The van der Waals surface area contributed by atoms with Crippen LogP contribution < -0.4 is 0 Å². The molecule has 0 radical (unpaired) electrons. The molecule has 1 N–H and O–H groups in total. The Kier molecular flexibility index (Phi) is 2.13. The lowest BCUT2D eigenvalue weighted by Crippen LogP contribution is -1.92. The summed E-state index contributed by atoms with van der Waals surface area (Å²) in [6, 6.07) is 10.5. The molecule has 0 heterocycles. The summed E-state index contributed by atoms with van der Waals surface area (Å²) in [7, 11) is 0. The normalized spacial score (nSPS) is 27.1. The molecule has 1 aliphatic rings. The summed E-state index contributed by atoms with van der Waals surface area (Å²) in [5, 5.41) is 8.85. The van der Waals surface area contributed by atoms with Gasteiger partial charge in [-0.25, -0.2) is 0 Å². The van der Waals surface area contributed by atoms with Crippen molar-refractivity contribution >= 4 is 0 Å². The lowest BCUT2D eigenvalue weighted by molar-refractivity contribution is 0.268. The molecular formula is C11H14O. The maximum absolute atomic E-state index is 8.85. The van der Waals surface area contributed by atoms with Gasteiger partial charge in [-0.05, 0) is 30.2 Å². The standard InChI is InChI=1S/C11H14O/c12-8-11-7-10(11)6-9-4-2-1-3-5-9/h1-5,10-12H,6-8H2/t10-,11-/m1/s1. The van der Waals surface area contributed by atoms with Crippen LogP contribution >= 0.6 is 0 Å². The molecule has 2 rings (SSSR count). The van der Waals surface area contributed by atoms with Crippen LogP contribution in [0.4, 0.5) is 0 Å². The van der Waals surface area contributed by atoms with Gasteiger partial charge in [-0.1, -0.05) is 30.3 Å². The van der Waals surface area contributed by atoms with Crippen molar-refractivity contribution in [1.29, 1.82) is 0 Å². The van der Waals surface area contributed by atoms with Gasteiger partial charge in [0.05, 0.1) is 0 Å². The van der Waals surface area contributed by atoms with Crippen molar-refractivity contribution < 1.29 is 5.11 Å². The molecule has 1 aromatic carbocycles. The zero-order valence-electron chi connectivity index (χ0n) is 7.11. The van der Waals surface area contributed by atoms with E-state index in [9.17, 15) is 0 Å². The van der Waals surface area contributed by atoms with Crippen LogP contribution in [0, 0.1) is 11.8 Å². The number of hydrogen-bond donors (Lipinski definition) is 1. The molecule has 1 aliphatic carbocycles. The molecule has 0 spiro atoms. The summed E-state index contributed by atoms with van der Waals surface area (Å²) < 4.78 is 0. The minimum atomic E-state index is 0.373. The molecule has 1 heteroatoms. The van der Waals surface area contributed by atoms with Gasteiger partial charge in [-0.2, -0.15) is 0 Å². The average molecular weight is 162 g/mol. The fraction of sp³-hybridized carbons (Fsp3) is 0.455. The third-order valence-corrected chi connectivity index (χ3v) is 2.64. The number of aliphatic hydroxyl groups is 1. The van der Waals surface area contributed by atoms with Crippen LogP contribution in [0.1, 0.15) is 12.0 Å². The minimum absolute atomic E-state index is 0.373. The number of aliphatic hydroxyl groups excluding tert-OH is 1. The molecule has 0 bridgehead atoms. The summed E-state index contributed by atoms with van der Waals surface area (Å²) in [6.45, 7) is 0.373. The van der Waals surface area contributed by atoms with Crippen molar-refractivity contribution in [3.05, 3.63) is 35.9 Å². The van der Waals surface area contributed by atoms with Crippen molar-refractivity contribution in [3.8, 4) is 0 Å². The summed E-state index contributed by atoms with van der Waals surface area (Å²) in [6.07, 6.45) is 2.36. The Balaban J connectivity index is 1.89. The fourth-order valence-electron chi connectivity index (χ4n) is 1.70.